The number of hydrogen-bond donors (Lipinski definition) is 0. The van der Waals surface area contributed by atoms with Crippen LogP contribution in [0.4, 0.5) is 0 Å². The zero-order chi connectivity index (χ0) is 10.7. The van der Waals surface area contributed by atoms with E-state index in [0.717, 1.165) is 22.0 Å². The van der Waals surface area contributed by atoms with E-state index in [9.17, 15) is 0 Å². The van der Waals surface area contributed by atoms with Crippen molar-refractivity contribution < 1.29 is 4.42 Å². The predicted molar refractivity (Wildman–Crippen MR) is 66.4 cm³/mol. The Labute approximate surface area is 102 Å². The molecule has 0 spiro atoms. The largest absolute Gasteiger partial charge is 0.421 e. The Hall–Kier alpha value is -0.910. The first-order valence-corrected chi connectivity index (χ1v) is 5.96. The molecule has 0 N–H and O–H groups in total. The van der Waals surface area contributed by atoms with E-state index in [1.165, 1.54) is 0 Å². The molecule has 0 bridgehead atoms. The monoisotopic (exact) mass is 314 g/mol. The van der Waals surface area contributed by atoms with E-state index in [1.54, 1.807) is 0 Å². The summed E-state index contributed by atoms with van der Waals surface area (Å²) in [5.74, 6) is 1.33. The fraction of sp³-hybridized carbons (Fsp3) is 0.273. The number of halogens is 1. The number of aryl methyl sites for hydroxylation is 1. The molecule has 2 aromatic rings. The fourth-order valence-electron chi connectivity index (χ4n) is 1.31. The molecule has 0 radical (unpaired) electrons. The van der Waals surface area contributed by atoms with Crippen molar-refractivity contribution in [2.45, 2.75) is 19.8 Å². The van der Waals surface area contributed by atoms with Gasteiger partial charge in [-0.2, -0.15) is 0 Å². The third-order valence-electron chi connectivity index (χ3n) is 2.03. The highest BCUT2D eigenvalue weighted by atomic mass is 127. The number of benzene rings is 1. The molecule has 1 aromatic heterocycles. The van der Waals surface area contributed by atoms with Crippen molar-refractivity contribution in [3.8, 4) is 11.5 Å². The molecule has 0 unspecified atom stereocenters. The van der Waals surface area contributed by atoms with E-state index in [2.05, 4.69) is 39.7 Å². The quantitative estimate of drug-likeness (QED) is 0.816. The average molecular weight is 314 g/mol. The number of aromatic nitrogens is 2. The second-order valence-electron chi connectivity index (χ2n) is 3.23. The van der Waals surface area contributed by atoms with Gasteiger partial charge in [-0.15, -0.1) is 10.2 Å². The lowest BCUT2D eigenvalue weighted by atomic mass is 10.2. The summed E-state index contributed by atoms with van der Waals surface area (Å²) in [5, 5.41) is 8.05. The molecule has 0 atom stereocenters. The van der Waals surface area contributed by atoms with Gasteiger partial charge < -0.3 is 4.42 Å². The van der Waals surface area contributed by atoms with Gasteiger partial charge in [0.1, 0.15) is 0 Å². The van der Waals surface area contributed by atoms with Crippen LogP contribution in [0.15, 0.2) is 28.7 Å². The first-order valence-electron chi connectivity index (χ1n) is 4.88. The molecule has 0 saturated heterocycles. The topological polar surface area (TPSA) is 38.9 Å². The van der Waals surface area contributed by atoms with E-state index in [-0.39, 0.29) is 0 Å². The molecule has 1 heterocycles. The Morgan fingerprint density at radius 1 is 1.27 bits per heavy atom. The average Bonchev–Trinajstić information content (AvgIpc) is 2.68. The van der Waals surface area contributed by atoms with Crippen LogP contribution in [0.25, 0.3) is 11.5 Å². The maximum absolute atomic E-state index is 5.56. The maximum atomic E-state index is 5.56. The molecule has 0 amide bonds. The third kappa shape index (κ3) is 2.37. The van der Waals surface area contributed by atoms with Crippen LogP contribution < -0.4 is 0 Å². The first-order chi connectivity index (χ1) is 7.31. The standard InChI is InChI=1S/C11H11IN2O/c1-2-5-10-13-14-11(15-10)8-6-3-4-7-9(8)12/h3-4,6-7H,2,5H2,1H3. The number of hydrogen-bond acceptors (Lipinski definition) is 3. The lowest BCUT2D eigenvalue weighted by Crippen LogP contribution is -1.81. The Balaban J connectivity index is 2.33. The van der Waals surface area contributed by atoms with Gasteiger partial charge in [0.05, 0.1) is 5.56 Å². The normalized spacial score (nSPS) is 10.5. The lowest BCUT2D eigenvalue weighted by molar-refractivity contribution is 0.502. The molecular weight excluding hydrogens is 303 g/mol. The SMILES string of the molecule is CCCc1nnc(-c2ccccc2I)o1. The van der Waals surface area contributed by atoms with Crippen molar-refractivity contribution in [1.29, 1.82) is 0 Å². The van der Waals surface area contributed by atoms with Crippen molar-refractivity contribution in [3.05, 3.63) is 33.7 Å². The summed E-state index contributed by atoms with van der Waals surface area (Å²) in [7, 11) is 0. The Kier molecular flexibility index (Phi) is 3.35. The van der Waals surface area contributed by atoms with Crippen LogP contribution in [0, 0.1) is 3.57 Å². The van der Waals surface area contributed by atoms with Crippen LogP contribution in [0.3, 0.4) is 0 Å². The molecule has 1 aromatic carbocycles. The van der Waals surface area contributed by atoms with E-state index < -0.39 is 0 Å². The van der Waals surface area contributed by atoms with E-state index in [0.29, 0.717) is 11.8 Å². The van der Waals surface area contributed by atoms with Crippen LogP contribution in [-0.4, -0.2) is 10.2 Å². The second kappa shape index (κ2) is 4.74. The van der Waals surface area contributed by atoms with Gasteiger partial charge >= 0.3 is 0 Å². The minimum absolute atomic E-state index is 0.614. The van der Waals surface area contributed by atoms with Crippen LogP contribution in [-0.2, 0) is 6.42 Å². The van der Waals surface area contributed by atoms with Gasteiger partial charge in [0, 0.05) is 9.99 Å². The highest BCUT2D eigenvalue weighted by Gasteiger charge is 2.09. The summed E-state index contributed by atoms with van der Waals surface area (Å²) in [6, 6.07) is 7.99. The van der Waals surface area contributed by atoms with Crippen LogP contribution in [0.5, 0.6) is 0 Å². The summed E-state index contributed by atoms with van der Waals surface area (Å²) in [4.78, 5) is 0. The van der Waals surface area contributed by atoms with Crippen molar-refractivity contribution in [2.24, 2.45) is 0 Å². The minimum Gasteiger partial charge on any atom is -0.421 e. The predicted octanol–water partition coefficient (Wildman–Crippen LogP) is 3.29. The summed E-state index contributed by atoms with van der Waals surface area (Å²) in [6.07, 6.45) is 1.87. The van der Waals surface area contributed by atoms with Crippen LogP contribution in [0.2, 0.25) is 0 Å². The summed E-state index contributed by atoms with van der Waals surface area (Å²) < 4.78 is 6.69. The molecule has 78 valence electrons. The molecule has 2 rings (SSSR count). The third-order valence-corrected chi connectivity index (χ3v) is 2.98. The Bertz CT molecular complexity index is 453. The molecule has 0 aliphatic carbocycles. The Morgan fingerprint density at radius 3 is 2.80 bits per heavy atom. The fourth-order valence-corrected chi connectivity index (χ4v) is 1.93. The molecular formula is C11H11IN2O. The zero-order valence-electron chi connectivity index (χ0n) is 8.40. The molecule has 0 aliphatic rings. The number of nitrogens with zero attached hydrogens (tertiary/aromatic N) is 2. The van der Waals surface area contributed by atoms with Crippen molar-refractivity contribution in [3.63, 3.8) is 0 Å². The smallest absolute Gasteiger partial charge is 0.248 e. The van der Waals surface area contributed by atoms with Crippen molar-refractivity contribution >= 4 is 22.6 Å². The first kappa shape index (κ1) is 10.6. The van der Waals surface area contributed by atoms with E-state index in [1.807, 2.05) is 24.3 Å². The van der Waals surface area contributed by atoms with Gasteiger partial charge in [0.2, 0.25) is 11.8 Å². The maximum Gasteiger partial charge on any atom is 0.248 e. The van der Waals surface area contributed by atoms with Gasteiger partial charge in [0.25, 0.3) is 0 Å². The molecule has 15 heavy (non-hydrogen) atoms. The van der Waals surface area contributed by atoms with E-state index >= 15 is 0 Å². The summed E-state index contributed by atoms with van der Waals surface area (Å²) >= 11 is 2.27. The van der Waals surface area contributed by atoms with E-state index in [4.69, 9.17) is 4.42 Å². The minimum atomic E-state index is 0.614. The van der Waals surface area contributed by atoms with Gasteiger partial charge in [-0.1, -0.05) is 19.1 Å². The molecule has 4 heteroatoms. The highest BCUT2D eigenvalue weighted by Crippen LogP contribution is 2.23. The zero-order valence-corrected chi connectivity index (χ0v) is 10.6. The van der Waals surface area contributed by atoms with Crippen LogP contribution in [0.1, 0.15) is 19.2 Å². The number of rotatable bonds is 3. The second-order valence-corrected chi connectivity index (χ2v) is 4.39. The van der Waals surface area contributed by atoms with Gasteiger partial charge in [-0.3, -0.25) is 0 Å². The van der Waals surface area contributed by atoms with Crippen molar-refractivity contribution in [1.82, 2.24) is 10.2 Å². The molecule has 0 saturated carbocycles. The van der Waals surface area contributed by atoms with Gasteiger partial charge in [0.15, 0.2) is 0 Å². The lowest BCUT2D eigenvalue weighted by Gasteiger charge is -1.96. The molecule has 3 nitrogen and oxygen atoms in total. The summed E-state index contributed by atoms with van der Waals surface area (Å²) in [6.45, 7) is 2.09. The summed E-state index contributed by atoms with van der Waals surface area (Å²) in [5.41, 5.74) is 1.01. The highest BCUT2D eigenvalue weighted by molar-refractivity contribution is 14.1. The molecule has 0 fully saturated rings. The van der Waals surface area contributed by atoms with Crippen LogP contribution >= 0.6 is 22.6 Å². The Morgan fingerprint density at radius 2 is 2.07 bits per heavy atom. The van der Waals surface area contributed by atoms with Crippen molar-refractivity contribution in [2.75, 3.05) is 0 Å². The van der Waals surface area contributed by atoms with Gasteiger partial charge in [-0.05, 0) is 41.1 Å². The molecule has 0 aliphatic heterocycles. The van der Waals surface area contributed by atoms with Gasteiger partial charge in [-0.25, -0.2) is 0 Å².